The molecule has 0 amide bonds. The van der Waals surface area contributed by atoms with Crippen LogP contribution in [0.3, 0.4) is 0 Å². The van der Waals surface area contributed by atoms with Gasteiger partial charge in [0.2, 0.25) is 0 Å². The average molecular weight is 262 g/mol. The lowest BCUT2D eigenvalue weighted by Crippen LogP contribution is -2.30. The van der Waals surface area contributed by atoms with E-state index in [1.54, 1.807) is 0 Å². The monoisotopic (exact) mass is 262 g/mol. The smallest absolute Gasteiger partial charge is 0.120 e. The lowest BCUT2D eigenvalue weighted by molar-refractivity contribution is 0.216. The Bertz CT molecular complexity index is 418. The highest BCUT2D eigenvalue weighted by Gasteiger charge is 2.21. The molecule has 3 heteroatoms. The molecule has 0 radical (unpaired) electrons. The molecule has 1 fully saturated rings. The first-order valence-corrected chi connectivity index (χ1v) is 7.26. The van der Waals surface area contributed by atoms with E-state index in [9.17, 15) is 0 Å². The maximum absolute atomic E-state index is 5.98. The molecule has 1 aliphatic carbocycles. The predicted octanol–water partition coefficient (Wildman–Crippen LogP) is 3.24. The fourth-order valence-corrected chi connectivity index (χ4v) is 2.19. The van der Waals surface area contributed by atoms with Crippen LogP contribution in [-0.4, -0.2) is 23.5 Å². The van der Waals surface area contributed by atoms with Crippen molar-refractivity contribution in [2.45, 2.75) is 58.8 Å². The second kappa shape index (κ2) is 6.40. The Balaban J connectivity index is 1.94. The van der Waals surface area contributed by atoms with Crippen molar-refractivity contribution < 1.29 is 4.42 Å². The highest BCUT2D eigenvalue weighted by atomic mass is 16.3. The van der Waals surface area contributed by atoms with Gasteiger partial charge < -0.3 is 9.73 Å². The first kappa shape index (κ1) is 14.4. The molecule has 0 unspecified atom stereocenters. The molecule has 2 rings (SSSR count). The maximum Gasteiger partial charge on any atom is 0.120 e. The maximum atomic E-state index is 5.98. The molecule has 1 heterocycles. The van der Waals surface area contributed by atoms with Crippen LogP contribution >= 0.6 is 0 Å². The van der Waals surface area contributed by atoms with Crippen LogP contribution < -0.4 is 5.32 Å². The normalized spacial score (nSPS) is 15.4. The van der Waals surface area contributed by atoms with Crippen molar-refractivity contribution in [2.75, 3.05) is 6.54 Å². The summed E-state index contributed by atoms with van der Waals surface area (Å²) >= 11 is 0. The van der Waals surface area contributed by atoms with Crippen LogP contribution in [0.2, 0.25) is 0 Å². The standard InChI is InChI=1S/C16H26N2O/c1-5-8-18(12(2)3)11-15-9-13(4)16(19-15)10-17-14-6-7-14/h5,9,12,14,17H,1,6-8,10-11H2,2-4H3. The molecule has 1 aliphatic rings. The Morgan fingerprint density at radius 2 is 2.26 bits per heavy atom. The van der Waals surface area contributed by atoms with Gasteiger partial charge in [-0.1, -0.05) is 6.08 Å². The van der Waals surface area contributed by atoms with Crippen LogP contribution in [0, 0.1) is 6.92 Å². The van der Waals surface area contributed by atoms with Gasteiger partial charge >= 0.3 is 0 Å². The summed E-state index contributed by atoms with van der Waals surface area (Å²) in [6, 6.07) is 3.39. The zero-order chi connectivity index (χ0) is 13.8. The predicted molar refractivity (Wildman–Crippen MR) is 79.0 cm³/mol. The minimum absolute atomic E-state index is 0.497. The van der Waals surface area contributed by atoms with Crippen molar-refractivity contribution in [2.24, 2.45) is 0 Å². The van der Waals surface area contributed by atoms with E-state index in [2.05, 4.69) is 43.6 Å². The van der Waals surface area contributed by atoms with Crippen molar-refractivity contribution >= 4 is 0 Å². The fraction of sp³-hybridized carbons (Fsp3) is 0.625. The molecule has 19 heavy (non-hydrogen) atoms. The number of hydrogen-bond acceptors (Lipinski definition) is 3. The molecule has 0 aromatic carbocycles. The third kappa shape index (κ3) is 4.22. The molecule has 0 bridgehead atoms. The number of nitrogens with one attached hydrogen (secondary N) is 1. The summed E-state index contributed by atoms with van der Waals surface area (Å²) < 4.78 is 5.98. The molecular formula is C16H26N2O. The topological polar surface area (TPSA) is 28.4 Å². The molecule has 0 spiro atoms. The number of rotatable bonds is 8. The van der Waals surface area contributed by atoms with Crippen molar-refractivity contribution in [3.8, 4) is 0 Å². The molecule has 3 nitrogen and oxygen atoms in total. The van der Waals surface area contributed by atoms with Gasteiger partial charge in [-0.15, -0.1) is 6.58 Å². The molecule has 0 saturated heterocycles. The molecule has 0 aliphatic heterocycles. The van der Waals surface area contributed by atoms with Crippen molar-refractivity contribution in [1.29, 1.82) is 0 Å². The zero-order valence-corrected chi connectivity index (χ0v) is 12.4. The first-order valence-electron chi connectivity index (χ1n) is 7.26. The zero-order valence-electron chi connectivity index (χ0n) is 12.4. The van der Waals surface area contributed by atoms with E-state index >= 15 is 0 Å². The molecule has 1 aromatic heterocycles. The van der Waals surface area contributed by atoms with Crippen LogP contribution in [-0.2, 0) is 13.1 Å². The third-order valence-electron chi connectivity index (χ3n) is 3.65. The van der Waals surface area contributed by atoms with Crippen LogP contribution in [0.5, 0.6) is 0 Å². The van der Waals surface area contributed by atoms with E-state index in [1.165, 1.54) is 18.4 Å². The van der Waals surface area contributed by atoms with Gasteiger partial charge in [-0.05, 0) is 45.2 Å². The average Bonchev–Trinajstić information content (AvgIpc) is 3.11. The molecule has 1 aromatic rings. The summed E-state index contributed by atoms with van der Waals surface area (Å²) in [7, 11) is 0. The summed E-state index contributed by atoms with van der Waals surface area (Å²) in [5.41, 5.74) is 1.26. The van der Waals surface area contributed by atoms with E-state index in [0.29, 0.717) is 6.04 Å². The summed E-state index contributed by atoms with van der Waals surface area (Å²) in [4.78, 5) is 2.35. The van der Waals surface area contributed by atoms with Crippen LogP contribution in [0.15, 0.2) is 23.1 Å². The summed E-state index contributed by atoms with van der Waals surface area (Å²) in [6.07, 6.45) is 4.57. The fourth-order valence-electron chi connectivity index (χ4n) is 2.19. The second-order valence-corrected chi connectivity index (χ2v) is 5.79. The highest BCUT2D eigenvalue weighted by molar-refractivity contribution is 5.20. The van der Waals surface area contributed by atoms with E-state index in [-0.39, 0.29) is 0 Å². The second-order valence-electron chi connectivity index (χ2n) is 5.79. The minimum Gasteiger partial charge on any atom is -0.463 e. The van der Waals surface area contributed by atoms with E-state index in [0.717, 1.165) is 37.2 Å². The van der Waals surface area contributed by atoms with Gasteiger partial charge in [-0.25, -0.2) is 0 Å². The van der Waals surface area contributed by atoms with Crippen molar-refractivity contribution in [3.63, 3.8) is 0 Å². The van der Waals surface area contributed by atoms with Crippen molar-refractivity contribution in [1.82, 2.24) is 10.2 Å². The largest absolute Gasteiger partial charge is 0.463 e. The lowest BCUT2D eigenvalue weighted by atomic mass is 10.2. The Kier molecular flexibility index (Phi) is 4.83. The summed E-state index contributed by atoms with van der Waals surface area (Å²) in [5.74, 6) is 2.14. The third-order valence-corrected chi connectivity index (χ3v) is 3.65. The number of furan rings is 1. The van der Waals surface area contributed by atoms with Gasteiger partial charge in [0.25, 0.3) is 0 Å². The Labute approximate surface area is 116 Å². The molecule has 0 atom stereocenters. The summed E-state index contributed by atoms with van der Waals surface area (Å²) in [6.45, 7) is 13.0. The van der Waals surface area contributed by atoms with Crippen LogP contribution in [0.25, 0.3) is 0 Å². The number of aryl methyl sites for hydroxylation is 1. The van der Waals surface area contributed by atoms with Gasteiger partial charge in [-0.2, -0.15) is 0 Å². The van der Waals surface area contributed by atoms with Gasteiger partial charge in [0.1, 0.15) is 11.5 Å². The van der Waals surface area contributed by atoms with Crippen LogP contribution in [0.1, 0.15) is 43.8 Å². The highest BCUT2D eigenvalue weighted by Crippen LogP contribution is 2.22. The molecule has 1 saturated carbocycles. The van der Waals surface area contributed by atoms with E-state index in [1.807, 2.05) is 6.08 Å². The number of hydrogen-bond donors (Lipinski definition) is 1. The van der Waals surface area contributed by atoms with Crippen molar-refractivity contribution in [3.05, 3.63) is 35.8 Å². The SMILES string of the molecule is C=CCN(Cc1cc(C)c(CNC2CC2)o1)C(C)C. The minimum atomic E-state index is 0.497. The first-order chi connectivity index (χ1) is 9.10. The molecular weight excluding hydrogens is 236 g/mol. The number of nitrogens with zero attached hydrogens (tertiary/aromatic N) is 1. The van der Waals surface area contributed by atoms with Gasteiger partial charge in [0.05, 0.1) is 13.1 Å². The quantitative estimate of drug-likeness (QED) is 0.729. The van der Waals surface area contributed by atoms with E-state index in [4.69, 9.17) is 4.42 Å². The summed E-state index contributed by atoms with van der Waals surface area (Å²) in [5, 5.41) is 3.50. The Morgan fingerprint density at radius 1 is 1.53 bits per heavy atom. The Morgan fingerprint density at radius 3 is 2.84 bits per heavy atom. The molecule has 106 valence electrons. The molecule has 1 N–H and O–H groups in total. The van der Waals surface area contributed by atoms with Gasteiger partial charge in [-0.3, -0.25) is 4.90 Å². The van der Waals surface area contributed by atoms with Gasteiger partial charge in [0.15, 0.2) is 0 Å². The van der Waals surface area contributed by atoms with E-state index < -0.39 is 0 Å². The van der Waals surface area contributed by atoms with Gasteiger partial charge in [0, 0.05) is 18.6 Å². The van der Waals surface area contributed by atoms with Crippen LogP contribution in [0.4, 0.5) is 0 Å². The lowest BCUT2D eigenvalue weighted by Gasteiger charge is -2.23. The Hall–Kier alpha value is -1.06.